The first kappa shape index (κ1) is 12.9. The highest BCUT2D eigenvalue weighted by Gasteiger charge is 2.20. The molecular weight excluding hydrogens is 184 g/mol. The summed E-state index contributed by atoms with van der Waals surface area (Å²) in [6.07, 6.45) is 3.44. The summed E-state index contributed by atoms with van der Waals surface area (Å²) in [4.78, 5) is 21.6. The molecule has 0 aliphatic heterocycles. The van der Waals surface area contributed by atoms with Crippen molar-refractivity contribution >= 4 is 11.9 Å². The van der Waals surface area contributed by atoms with E-state index in [4.69, 9.17) is 5.11 Å². The number of hydrogen-bond acceptors (Lipinski definition) is 3. The van der Waals surface area contributed by atoms with Gasteiger partial charge in [0.15, 0.2) is 0 Å². The fourth-order valence-corrected chi connectivity index (χ4v) is 1.24. The number of rotatable bonds is 7. The van der Waals surface area contributed by atoms with E-state index in [1.807, 2.05) is 0 Å². The number of ether oxygens (including phenoxy) is 1. The van der Waals surface area contributed by atoms with E-state index >= 15 is 0 Å². The molecule has 0 saturated carbocycles. The third-order valence-corrected chi connectivity index (χ3v) is 2.15. The highest BCUT2D eigenvalue weighted by Crippen LogP contribution is 2.14. The van der Waals surface area contributed by atoms with E-state index in [9.17, 15) is 9.59 Å². The van der Waals surface area contributed by atoms with E-state index in [0.29, 0.717) is 6.42 Å². The van der Waals surface area contributed by atoms with Crippen molar-refractivity contribution in [2.24, 2.45) is 5.92 Å². The third kappa shape index (κ3) is 5.56. The van der Waals surface area contributed by atoms with Crippen molar-refractivity contribution in [2.45, 2.75) is 39.0 Å². The van der Waals surface area contributed by atoms with Crippen LogP contribution in [0.25, 0.3) is 0 Å². The summed E-state index contributed by atoms with van der Waals surface area (Å²) in [7, 11) is 1.27. The van der Waals surface area contributed by atoms with Gasteiger partial charge in [-0.2, -0.15) is 0 Å². The zero-order chi connectivity index (χ0) is 11.0. The minimum atomic E-state index is -0.911. The van der Waals surface area contributed by atoms with Gasteiger partial charge < -0.3 is 9.84 Å². The summed E-state index contributed by atoms with van der Waals surface area (Å²) in [5.74, 6) is -1.95. The highest BCUT2D eigenvalue weighted by molar-refractivity contribution is 5.78. The number of esters is 1. The third-order valence-electron chi connectivity index (χ3n) is 2.15. The predicted molar refractivity (Wildman–Crippen MR) is 51.9 cm³/mol. The van der Waals surface area contributed by atoms with Crippen LogP contribution in [0.5, 0.6) is 0 Å². The van der Waals surface area contributed by atoms with Crippen molar-refractivity contribution < 1.29 is 19.4 Å². The van der Waals surface area contributed by atoms with Gasteiger partial charge in [-0.05, 0) is 6.42 Å². The zero-order valence-corrected chi connectivity index (χ0v) is 8.78. The molecule has 0 saturated heterocycles. The van der Waals surface area contributed by atoms with Crippen LogP contribution in [0.1, 0.15) is 39.0 Å². The van der Waals surface area contributed by atoms with Crippen molar-refractivity contribution in [1.82, 2.24) is 0 Å². The number of carbonyl (C=O) groups is 2. The number of carboxylic acids is 1. The quantitative estimate of drug-likeness (QED) is 0.505. The van der Waals surface area contributed by atoms with Crippen LogP contribution in [0, 0.1) is 5.92 Å². The van der Waals surface area contributed by atoms with Crippen molar-refractivity contribution in [3.8, 4) is 0 Å². The standard InChI is InChI=1S/C10H18O4/c1-3-4-5-6-8(10(12)13)7-9(11)14-2/h8H,3-7H2,1-2H3,(H,12,13). The van der Waals surface area contributed by atoms with E-state index < -0.39 is 17.9 Å². The lowest BCUT2D eigenvalue weighted by Gasteiger charge is -2.09. The SMILES string of the molecule is CCCCCC(CC(=O)OC)C(=O)O. The van der Waals surface area contributed by atoms with Gasteiger partial charge in [-0.25, -0.2) is 0 Å². The minimum absolute atomic E-state index is 0.0183. The first-order valence-electron chi connectivity index (χ1n) is 4.91. The number of carbonyl (C=O) groups excluding carboxylic acids is 1. The topological polar surface area (TPSA) is 63.6 Å². The minimum Gasteiger partial charge on any atom is -0.481 e. The molecule has 14 heavy (non-hydrogen) atoms. The van der Waals surface area contributed by atoms with E-state index in [0.717, 1.165) is 19.3 Å². The lowest BCUT2D eigenvalue weighted by Crippen LogP contribution is -2.18. The van der Waals surface area contributed by atoms with Crippen LogP contribution in [-0.2, 0) is 14.3 Å². The smallest absolute Gasteiger partial charge is 0.307 e. The Bertz CT molecular complexity index is 189. The maximum atomic E-state index is 10.9. The van der Waals surface area contributed by atoms with Crippen LogP contribution in [0.4, 0.5) is 0 Å². The van der Waals surface area contributed by atoms with Crippen molar-refractivity contribution in [1.29, 1.82) is 0 Å². The molecule has 0 aliphatic rings. The van der Waals surface area contributed by atoms with Gasteiger partial charge in [0.25, 0.3) is 0 Å². The van der Waals surface area contributed by atoms with Gasteiger partial charge in [-0.3, -0.25) is 9.59 Å². The first-order chi connectivity index (χ1) is 6.61. The molecule has 0 bridgehead atoms. The molecule has 4 heteroatoms. The van der Waals surface area contributed by atoms with Crippen LogP contribution in [-0.4, -0.2) is 24.2 Å². The molecule has 0 spiro atoms. The lowest BCUT2D eigenvalue weighted by atomic mass is 9.98. The average Bonchev–Trinajstić information content (AvgIpc) is 2.16. The Morgan fingerprint density at radius 3 is 2.43 bits per heavy atom. The summed E-state index contributed by atoms with van der Waals surface area (Å²) in [6, 6.07) is 0. The second-order valence-corrected chi connectivity index (χ2v) is 3.31. The van der Waals surface area contributed by atoms with Gasteiger partial charge in [0, 0.05) is 0 Å². The maximum absolute atomic E-state index is 10.9. The Kier molecular flexibility index (Phi) is 6.80. The molecule has 0 aliphatic carbocycles. The van der Waals surface area contributed by atoms with Crippen molar-refractivity contribution in [2.75, 3.05) is 7.11 Å². The van der Waals surface area contributed by atoms with Gasteiger partial charge in [0.05, 0.1) is 19.4 Å². The summed E-state index contributed by atoms with van der Waals surface area (Å²) < 4.78 is 4.43. The molecule has 0 heterocycles. The molecule has 0 aromatic carbocycles. The van der Waals surface area contributed by atoms with Gasteiger partial charge in [-0.15, -0.1) is 0 Å². The molecule has 1 atom stereocenters. The van der Waals surface area contributed by atoms with Crippen molar-refractivity contribution in [3.05, 3.63) is 0 Å². The largest absolute Gasteiger partial charge is 0.481 e. The second-order valence-electron chi connectivity index (χ2n) is 3.31. The van der Waals surface area contributed by atoms with Crippen LogP contribution in [0.15, 0.2) is 0 Å². The van der Waals surface area contributed by atoms with Gasteiger partial charge >= 0.3 is 11.9 Å². The van der Waals surface area contributed by atoms with E-state index in [1.165, 1.54) is 7.11 Å². The molecule has 0 aromatic rings. The molecular formula is C10H18O4. The Balaban J connectivity index is 3.90. The Morgan fingerprint density at radius 1 is 1.36 bits per heavy atom. The first-order valence-corrected chi connectivity index (χ1v) is 4.91. The average molecular weight is 202 g/mol. The lowest BCUT2D eigenvalue weighted by molar-refractivity contribution is -0.150. The number of methoxy groups -OCH3 is 1. The molecule has 0 rings (SSSR count). The van der Waals surface area contributed by atoms with E-state index in [1.54, 1.807) is 0 Å². The number of hydrogen-bond donors (Lipinski definition) is 1. The van der Waals surface area contributed by atoms with Crippen molar-refractivity contribution in [3.63, 3.8) is 0 Å². The molecule has 1 N–H and O–H groups in total. The number of aliphatic carboxylic acids is 1. The fourth-order valence-electron chi connectivity index (χ4n) is 1.24. The Hall–Kier alpha value is -1.06. The molecule has 1 unspecified atom stereocenters. The normalized spacial score (nSPS) is 12.1. The van der Waals surface area contributed by atoms with E-state index in [2.05, 4.69) is 11.7 Å². The number of unbranched alkanes of at least 4 members (excludes halogenated alkanes) is 2. The maximum Gasteiger partial charge on any atom is 0.307 e. The predicted octanol–water partition coefficient (Wildman–Crippen LogP) is 1.83. The monoisotopic (exact) mass is 202 g/mol. The second kappa shape index (κ2) is 7.35. The van der Waals surface area contributed by atoms with Gasteiger partial charge in [-0.1, -0.05) is 26.2 Å². The summed E-state index contributed by atoms with van der Waals surface area (Å²) in [6.45, 7) is 2.05. The molecule has 4 nitrogen and oxygen atoms in total. The molecule has 0 aromatic heterocycles. The molecule has 82 valence electrons. The van der Waals surface area contributed by atoms with Crippen LogP contribution < -0.4 is 0 Å². The number of carboxylic acid groups (broad SMARTS) is 1. The fraction of sp³-hybridized carbons (Fsp3) is 0.800. The molecule has 0 radical (unpaired) electrons. The Morgan fingerprint density at radius 2 is 2.00 bits per heavy atom. The van der Waals surface area contributed by atoms with Gasteiger partial charge in [0.1, 0.15) is 0 Å². The zero-order valence-electron chi connectivity index (χ0n) is 8.78. The van der Waals surface area contributed by atoms with Gasteiger partial charge in [0.2, 0.25) is 0 Å². The molecule has 0 fully saturated rings. The van der Waals surface area contributed by atoms with Crippen LogP contribution >= 0.6 is 0 Å². The summed E-state index contributed by atoms with van der Waals surface area (Å²) in [5, 5.41) is 8.81. The molecule has 0 amide bonds. The Labute approximate surface area is 84.3 Å². The summed E-state index contributed by atoms with van der Waals surface area (Å²) in [5.41, 5.74) is 0. The van der Waals surface area contributed by atoms with Crippen LogP contribution in [0.2, 0.25) is 0 Å². The highest BCUT2D eigenvalue weighted by atomic mass is 16.5. The summed E-state index contributed by atoms with van der Waals surface area (Å²) >= 11 is 0. The van der Waals surface area contributed by atoms with Crippen LogP contribution in [0.3, 0.4) is 0 Å². The van der Waals surface area contributed by atoms with E-state index in [-0.39, 0.29) is 6.42 Å².